The first-order valence-corrected chi connectivity index (χ1v) is 8.51. The van der Waals surface area contributed by atoms with Gasteiger partial charge in [-0.3, -0.25) is 5.32 Å². The summed E-state index contributed by atoms with van der Waals surface area (Å²) in [6.45, 7) is 0. The van der Waals surface area contributed by atoms with E-state index in [1.54, 1.807) is 6.07 Å². The molecule has 1 fully saturated rings. The molecule has 1 heterocycles. The van der Waals surface area contributed by atoms with Gasteiger partial charge in [0.25, 0.3) is 0 Å². The molecule has 1 amide bonds. The molecular formula is C15H15NO4S. The molecule has 0 radical (unpaired) electrons. The van der Waals surface area contributed by atoms with Gasteiger partial charge in [-0.1, -0.05) is 36.4 Å². The molecule has 0 bridgehead atoms. The zero-order chi connectivity index (χ0) is 14.9. The maximum atomic E-state index is 11.9. The number of nitrogens with one attached hydrogen (secondary N) is 1. The molecule has 0 saturated carbocycles. The van der Waals surface area contributed by atoms with Gasteiger partial charge in [0.15, 0.2) is 9.84 Å². The van der Waals surface area contributed by atoms with Crippen LogP contribution in [0.15, 0.2) is 42.5 Å². The van der Waals surface area contributed by atoms with Crippen molar-refractivity contribution < 1.29 is 17.9 Å². The van der Waals surface area contributed by atoms with E-state index in [0.717, 1.165) is 10.8 Å². The molecule has 1 unspecified atom stereocenters. The lowest BCUT2D eigenvalue weighted by atomic mass is 10.1. The average molecular weight is 305 g/mol. The number of ether oxygens (including phenoxy) is 1. The first-order valence-electron chi connectivity index (χ1n) is 6.69. The third kappa shape index (κ3) is 3.16. The van der Waals surface area contributed by atoms with Crippen LogP contribution in [0.3, 0.4) is 0 Å². The lowest BCUT2D eigenvalue weighted by Gasteiger charge is -2.12. The predicted octanol–water partition coefficient (Wildman–Crippen LogP) is 2.58. The number of fused-ring (bicyclic) bond motifs is 1. The number of benzene rings is 2. The van der Waals surface area contributed by atoms with Gasteiger partial charge in [-0.25, -0.2) is 13.2 Å². The molecule has 1 saturated heterocycles. The van der Waals surface area contributed by atoms with Crippen molar-refractivity contribution in [2.45, 2.75) is 12.5 Å². The SMILES string of the molecule is O=C(Nc1cccc2ccccc12)OC1CCS(=O)(=O)C1. The molecule has 2 aromatic rings. The smallest absolute Gasteiger partial charge is 0.411 e. The maximum absolute atomic E-state index is 11.9. The first kappa shape index (κ1) is 13.9. The van der Waals surface area contributed by atoms with E-state index >= 15 is 0 Å². The Balaban J connectivity index is 1.72. The highest BCUT2D eigenvalue weighted by atomic mass is 32.2. The monoisotopic (exact) mass is 305 g/mol. The number of sulfone groups is 1. The van der Waals surface area contributed by atoms with Gasteiger partial charge in [0, 0.05) is 5.39 Å². The Kier molecular flexibility index (Phi) is 3.55. The van der Waals surface area contributed by atoms with Crippen molar-refractivity contribution in [1.29, 1.82) is 0 Å². The van der Waals surface area contributed by atoms with E-state index in [9.17, 15) is 13.2 Å². The maximum Gasteiger partial charge on any atom is 0.411 e. The number of carbonyl (C=O) groups is 1. The van der Waals surface area contributed by atoms with E-state index in [1.807, 2.05) is 36.4 Å². The number of hydrogen-bond donors (Lipinski definition) is 1. The molecule has 1 atom stereocenters. The average Bonchev–Trinajstić information content (AvgIpc) is 2.78. The van der Waals surface area contributed by atoms with Crippen LogP contribution in [0.25, 0.3) is 10.8 Å². The zero-order valence-electron chi connectivity index (χ0n) is 11.3. The minimum absolute atomic E-state index is 0.0826. The summed E-state index contributed by atoms with van der Waals surface area (Å²) in [6.07, 6.45) is -0.802. The Morgan fingerprint density at radius 3 is 2.67 bits per heavy atom. The van der Waals surface area contributed by atoms with Gasteiger partial charge in [-0.2, -0.15) is 0 Å². The highest BCUT2D eigenvalue weighted by molar-refractivity contribution is 7.91. The van der Waals surface area contributed by atoms with Crippen molar-refractivity contribution in [3.63, 3.8) is 0 Å². The molecule has 6 heteroatoms. The fourth-order valence-electron chi connectivity index (χ4n) is 2.48. The second-order valence-electron chi connectivity index (χ2n) is 5.08. The van der Waals surface area contributed by atoms with Crippen LogP contribution in [0.4, 0.5) is 10.5 Å². The van der Waals surface area contributed by atoms with Crippen molar-refractivity contribution in [3.8, 4) is 0 Å². The number of carbonyl (C=O) groups excluding carboxylic acids is 1. The van der Waals surface area contributed by atoms with Crippen molar-refractivity contribution in [2.24, 2.45) is 0 Å². The van der Waals surface area contributed by atoms with Crippen LogP contribution in [0.1, 0.15) is 6.42 Å². The van der Waals surface area contributed by atoms with Crippen LogP contribution in [0.5, 0.6) is 0 Å². The van der Waals surface area contributed by atoms with E-state index in [2.05, 4.69) is 5.32 Å². The Bertz CT molecular complexity index is 780. The summed E-state index contributed by atoms with van der Waals surface area (Å²) in [4.78, 5) is 11.9. The molecule has 1 aliphatic heterocycles. The van der Waals surface area contributed by atoms with Crippen LogP contribution < -0.4 is 5.32 Å². The second kappa shape index (κ2) is 5.37. The molecule has 5 nitrogen and oxygen atoms in total. The topological polar surface area (TPSA) is 72.5 Å². The van der Waals surface area contributed by atoms with Crippen LogP contribution in [-0.4, -0.2) is 32.1 Å². The summed E-state index contributed by atoms with van der Waals surface area (Å²) >= 11 is 0. The summed E-state index contributed by atoms with van der Waals surface area (Å²) in [5, 5.41) is 4.61. The molecule has 21 heavy (non-hydrogen) atoms. The van der Waals surface area contributed by atoms with Crippen molar-refractivity contribution >= 4 is 32.4 Å². The fraction of sp³-hybridized carbons (Fsp3) is 0.267. The number of anilines is 1. The minimum atomic E-state index is -3.05. The van der Waals surface area contributed by atoms with Crippen molar-refractivity contribution in [1.82, 2.24) is 0 Å². The van der Waals surface area contributed by atoms with E-state index < -0.39 is 22.0 Å². The van der Waals surface area contributed by atoms with Gasteiger partial charge in [0.1, 0.15) is 6.10 Å². The molecule has 1 aliphatic rings. The fourth-order valence-corrected chi connectivity index (χ4v) is 4.07. The molecule has 2 aromatic carbocycles. The Hall–Kier alpha value is -2.08. The summed E-state index contributed by atoms with van der Waals surface area (Å²) in [6, 6.07) is 13.3. The van der Waals surface area contributed by atoms with Gasteiger partial charge in [0.2, 0.25) is 0 Å². The molecule has 1 N–H and O–H groups in total. The van der Waals surface area contributed by atoms with Crippen LogP contribution in [0, 0.1) is 0 Å². The van der Waals surface area contributed by atoms with Crippen LogP contribution in [0.2, 0.25) is 0 Å². The molecule has 0 spiro atoms. The lowest BCUT2D eigenvalue weighted by molar-refractivity contribution is 0.124. The normalized spacial score (nSPS) is 20.3. The predicted molar refractivity (Wildman–Crippen MR) is 81.1 cm³/mol. The Labute approximate surface area is 122 Å². The van der Waals surface area contributed by atoms with Gasteiger partial charge in [0.05, 0.1) is 17.2 Å². The number of hydrogen-bond acceptors (Lipinski definition) is 4. The van der Waals surface area contributed by atoms with Gasteiger partial charge in [-0.15, -0.1) is 0 Å². The molecule has 0 aliphatic carbocycles. The third-order valence-electron chi connectivity index (χ3n) is 3.49. The first-order chi connectivity index (χ1) is 10.0. The summed E-state index contributed by atoms with van der Waals surface area (Å²) in [5.74, 6) is -0.00479. The summed E-state index contributed by atoms with van der Waals surface area (Å²) in [7, 11) is -3.05. The van der Waals surface area contributed by atoms with Crippen molar-refractivity contribution in [3.05, 3.63) is 42.5 Å². The van der Waals surface area contributed by atoms with Crippen LogP contribution >= 0.6 is 0 Å². The molecular weight excluding hydrogens is 290 g/mol. The molecule has 110 valence electrons. The zero-order valence-corrected chi connectivity index (χ0v) is 12.1. The van der Waals surface area contributed by atoms with E-state index in [1.165, 1.54) is 0 Å². The van der Waals surface area contributed by atoms with E-state index in [0.29, 0.717) is 12.1 Å². The Morgan fingerprint density at radius 2 is 1.90 bits per heavy atom. The largest absolute Gasteiger partial charge is 0.445 e. The minimum Gasteiger partial charge on any atom is -0.445 e. The quantitative estimate of drug-likeness (QED) is 0.925. The number of amides is 1. The van der Waals surface area contributed by atoms with E-state index in [-0.39, 0.29) is 11.5 Å². The van der Waals surface area contributed by atoms with Crippen molar-refractivity contribution in [2.75, 3.05) is 16.8 Å². The van der Waals surface area contributed by atoms with E-state index in [4.69, 9.17) is 4.74 Å². The van der Waals surface area contributed by atoms with Crippen LogP contribution in [-0.2, 0) is 14.6 Å². The lowest BCUT2D eigenvalue weighted by Crippen LogP contribution is -2.23. The highest BCUT2D eigenvalue weighted by Crippen LogP contribution is 2.23. The summed E-state index contributed by atoms with van der Waals surface area (Å²) in [5.41, 5.74) is 0.652. The van der Waals surface area contributed by atoms with Gasteiger partial charge < -0.3 is 4.74 Å². The number of rotatable bonds is 2. The highest BCUT2D eigenvalue weighted by Gasteiger charge is 2.30. The Morgan fingerprint density at radius 1 is 1.14 bits per heavy atom. The second-order valence-corrected chi connectivity index (χ2v) is 7.31. The van der Waals surface area contributed by atoms with Gasteiger partial charge >= 0.3 is 6.09 Å². The standard InChI is InChI=1S/C15H15NO4S/c17-15(20-12-8-9-21(18,19)10-12)16-14-7-3-5-11-4-1-2-6-13(11)14/h1-7,12H,8-10H2,(H,16,17). The summed E-state index contributed by atoms with van der Waals surface area (Å²) < 4.78 is 27.9. The molecule has 3 rings (SSSR count). The van der Waals surface area contributed by atoms with Gasteiger partial charge in [-0.05, 0) is 17.9 Å². The third-order valence-corrected chi connectivity index (χ3v) is 5.23. The molecule has 0 aromatic heterocycles.